The summed E-state index contributed by atoms with van der Waals surface area (Å²) in [7, 11) is 3.13. The summed E-state index contributed by atoms with van der Waals surface area (Å²) in [6, 6.07) is 0. The number of likely N-dealkylation sites (tertiary alicyclic amines) is 1. The van der Waals surface area contributed by atoms with Gasteiger partial charge in [0.05, 0.1) is 24.7 Å². The van der Waals surface area contributed by atoms with Gasteiger partial charge in [-0.3, -0.25) is 4.79 Å². The van der Waals surface area contributed by atoms with E-state index < -0.39 is 0 Å². The molecule has 0 aromatic carbocycles. The first-order chi connectivity index (χ1) is 9.10. The van der Waals surface area contributed by atoms with Crippen LogP contribution in [0.2, 0.25) is 0 Å². The Labute approximate surface area is 114 Å². The molecule has 0 radical (unpaired) electrons. The number of methoxy groups -OCH3 is 2. The lowest BCUT2D eigenvalue weighted by atomic mass is 9.68. The molecule has 0 aromatic rings. The first-order valence-electron chi connectivity index (χ1n) is 7.07. The second kappa shape index (κ2) is 5.77. The maximum Gasteiger partial charge on any atom is 0.313 e. The van der Waals surface area contributed by atoms with Crippen LogP contribution < -0.4 is 0 Å². The Morgan fingerprint density at radius 1 is 1.21 bits per heavy atom. The van der Waals surface area contributed by atoms with Crippen LogP contribution in [0.3, 0.4) is 0 Å². The SMILES string of the molecule is COC(=O)C1(CN2CCC(CO)(OC)CC2)CCC1. The maximum absolute atomic E-state index is 11.9. The van der Waals surface area contributed by atoms with Crippen LogP contribution in [0.25, 0.3) is 0 Å². The summed E-state index contributed by atoms with van der Waals surface area (Å²) in [4.78, 5) is 14.2. The first kappa shape index (κ1) is 14.8. The molecule has 1 saturated heterocycles. The number of esters is 1. The summed E-state index contributed by atoms with van der Waals surface area (Å²) in [6.45, 7) is 2.59. The molecule has 0 aromatic heterocycles. The molecule has 110 valence electrons. The Morgan fingerprint density at radius 2 is 1.84 bits per heavy atom. The van der Waals surface area contributed by atoms with Crippen LogP contribution in [0.5, 0.6) is 0 Å². The fourth-order valence-corrected chi connectivity index (χ4v) is 3.22. The van der Waals surface area contributed by atoms with E-state index in [1.54, 1.807) is 7.11 Å². The molecule has 0 amide bonds. The van der Waals surface area contributed by atoms with Gasteiger partial charge in [-0.1, -0.05) is 6.42 Å². The average molecular weight is 271 g/mol. The molecule has 2 aliphatic rings. The molecule has 19 heavy (non-hydrogen) atoms. The predicted molar refractivity (Wildman–Crippen MR) is 70.8 cm³/mol. The van der Waals surface area contributed by atoms with Gasteiger partial charge in [0.2, 0.25) is 0 Å². The molecule has 0 bridgehead atoms. The van der Waals surface area contributed by atoms with Crippen LogP contribution in [0.1, 0.15) is 32.1 Å². The normalized spacial score (nSPS) is 25.6. The van der Waals surface area contributed by atoms with Crippen LogP contribution in [0.4, 0.5) is 0 Å². The highest BCUT2D eigenvalue weighted by atomic mass is 16.5. The largest absolute Gasteiger partial charge is 0.469 e. The number of aliphatic hydroxyl groups is 1. The number of rotatable bonds is 5. The molecule has 0 atom stereocenters. The first-order valence-corrected chi connectivity index (χ1v) is 7.07. The van der Waals surface area contributed by atoms with Gasteiger partial charge in [0, 0.05) is 26.7 Å². The van der Waals surface area contributed by atoms with Crippen LogP contribution >= 0.6 is 0 Å². The summed E-state index contributed by atoms with van der Waals surface area (Å²) in [6.07, 6.45) is 4.62. The highest BCUT2D eigenvalue weighted by Crippen LogP contribution is 2.43. The molecular weight excluding hydrogens is 246 g/mol. The number of nitrogens with zero attached hydrogens (tertiary/aromatic N) is 1. The Kier molecular flexibility index (Phi) is 4.48. The lowest BCUT2D eigenvalue weighted by molar-refractivity contribution is -0.161. The van der Waals surface area contributed by atoms with E-state index in [1.165, 1.54) is 7.11 Å². The molecular formula is C14H25NO4. The van der Waals surface area contributed by atoms with Gasteiger partial charge in [-0.2, -0.15) is 0 Å². The smallest absolute Gasteiger partial charge is 0.313 e. The molecule has 1 saturated carbocycles. The zero-order valence-electron chi connectivity index (χ0n) is 12.0. The van der Waals surface area contributed by atoms with Crippen molar-refractivity contribution in [2.24, 2.45) is 5.41 Å². The Morgan fingerprint density at radius 3 is 2.21 bits per heavy atom. The Balaban J connectivity index is 1.90. The fourth-order valence-electron chi connectivity index (χ4n) is 3.22. The van der Waals surface area contributed by atoms with E-state index in [2.05, 4.69) is 4.90 Å². The number of carbonyl (C=O) groups excluding carboxylic acids is 1. The van der Waals surface area contributed by atoms with Crippen molar-refractivity contribution in [2.45, 2.75) is 37.7 Å². The topological polar surface area (TPSA) is 59.0 Å². The summed E-state index contributed by atoms with van der Waals surface area (Å²) < 4.78 is 10.4. The summed E-state index contributed by atoms with van der Waals surface area (Å²) >= 11 is 0. The number of hydrogen-bond donors (Lipinski definition) is 1. The third-order valence-corrected chi connectivity index (χ3v) is 4.94. The second-order valence-electron chi connectivity index (χ2n) is 5.95. The molecule has 1 N–H and O–H groups in total. The van der Waals surface area contributed by atoms with E-state index >= 15 is 0 Å². The molecule has 5 nitrogen and oxygen atoms in total. The quantitative estimate of drug-likeness (QED) is 0.750. The third-order valence-electron chi connectivity index (χ3n) is 4.94. The van der Waals surface area contributed by atoms with Gasteiger partial charge in [-0.15, -0.1) is 0 Å². The molecule has 1 heterocycles. The van der Waals surface area contributed by atoms with E-state index in [0.29, 0.717) is 0 Å². The van der Waals surface area contributed by atoms with Crippen molar-refractivity contribution in [1.82, 2.24) is 4.90 Å². The van der Waals surface area contributed by atoms with Crippen LogP contribution in [-0.2, 0) is 14.3 Å². The summed E-state index contributed by atoms with van der Waals surface area (Å²) in [5.41, 5.74) is -0.657. The zero-order valence-corrected chi connectivity index (χ0v) is 12.0. The summed E-state index contributed by atoms with van der Waals surface area (Å²) in [5.74, 6) is -0.0653. The fraction of sp³-hybridized carbons (Fsp3) is 0.929. The van der Waals surface area contributed by atoms with Crippen molar-refractivity contribution in [3.8, 4) is 0 Å². The predicted octanol–water partition coefficient (Wildman–Crippen LogP) is 0.803. The monoisotopic (exact) mass is 271 g/mol. The minimum Gasteiger partial charge on any atom is -0.469 e. The van der Waals surface area contributed by atoms with E-state index in [9.17, 15) is 9.90 Å². The number of hydrogen-bond acceptors (Lipinski definition) is 5. The molecule has 2 rings (SSSR count). The zero-order chi connectivity index (χ0) is 13.9. The summed E-state index contributed by atoms with van der Waals surface area (Å²) in [5, 5.41) is 9.43. The number of piperidine rings is 1. The minimum atomic E-state index is -0.380. The van der Waals surface area contributed by atoms with Gasteiger partial charge in [-0.05, 0) is 25.7 Å². The van der Waals surface area contributed by atoms with E-state index in [4.69, 9.17) is 9.47 Å². The van der Waals surface area contributed by atoms with Crippen molar-refractivity contribution < 1.29 is 19.4 Å². The van der Waals surface area contributed by atoms with Crippen molar-refractivity contribution in [1.29, 1.82) is 0 Å². The standard InChI is InChI=1S/C14H25NO4/c1-18-12(17)13(4-3-5-13)10-15-8-6-14(11-16,19-2)7-9-15/h16H,3-11H2,1-2H3. The van der Waals surface area contributed by atoms with Gasteiger partial charge < -0.3 is 19.5 Å². The Bertz CT molecular complexity index is 313. The Hall–Kier alpha value is -0.650. The van der Waals surface area contributed by atoms with Crippen LogP contribution in [0, 0.1) is 5.41 Å². The van der Waals surface area contributed by atoms with E-state index in [0.717, 1.165) is 51.7 Å². The maximum atomic E-state index is 11.9. The van der Waals surface area contributed by atoms with Crippen molar-refractivity contribution in [3.63, 3.8) is 0 Å². The minimum absolute atomic E-state index is 0.0653. The van der Waals surface area contributed by atoms with Crippen LogP contribution in [0.15, 0.2) is 0 Å². The van der Waals surface area contributed by atoms with Gasteiger partial charge in [0.1, 0.15) is 0 Å². The van der Waals surface area contributed by atoms with Crippen LogP contribution in [-0.4, -0.2) is 62.0 Å². The van der Waals surface area contributed by atoms with Crippen molar-refractivity contribution in [3.05, 3.63) is 0 Å². The third kappa shape index (κ3) is 2.78. The molecule has 1 aliphatic heterocycles. The van der Waals surface area contributed by atoms with Gasteiger partial charge in [0.25, 0.3) is 0 Å². The van der Waals surface area contributed by atoms with Crippen molar-refractivity contribution >= 4 is 5.97 Å². The highest BCUT2D eigenvalue weighted by molar-refractivity contribution is 5.78. The molecule has 1 aliphatic carbocycles. The second-order valence-corrected chi connectivity index (χ2v) is 5.95. The lowest BCUT2D eigenvalue weighted by Crippen LogP contribution is -2.53. The highest BCUT2D eigenvalue weighted by Gasteiger charge is 2.47. The molecule has 2 fully saturated rings. The lowest BCUT2D eigenvalue weighted by Gasteiger charge is -2.46. The van der Waals surface area contributed by atoms with Crippen molar-refractivity contribution in [2.75, 3.05) is 40.5 Å². The van der Waals surface area contributed by atoms with Gasteiger partial charge in [-0.25, -0.2) is 0 Å². The van der Waals surface area contributed by atoms with E-state index in [1.807, 2.05) is 0 Å². The number of aliphatic hydroxyl groups excluding tert-OH is 1. The molecule has 0 spiro atoms. The van der Waals surface area contributed by atoms with Gasteiger partial charge >= 0.3 is 5.97 Å². The molecule has 0 unspecified atom stereocenters. The molecule has 5 heteroatoms. The number of ether oxygens (including phenoxy) is 2. The van der Waals surface area contributed by atoms with Gasteiger partial charge in [0.15, 0.2) is 0 Å². The van der Waals surface area contributed by atoms with E-state index in [-0.39, 0.29) is 23.6 Å². The number of carbonyl (C=O) groups is 1. The average Bonchev–Trinajstić information content (AvgIpc) is 2.43.